The molecule has 0 saturated heterocycles. The fraction of sp³-hybridized carbons (Fsp3) is 0.364. The molecule has 30 heavy (non-hydrogen) atoms. The average molecular weight is 431 g/mol. The van der Waals surface area contributed by atoms with E-state index in [-0.39, 0.29) is 23.3 Å². The molecule has 1 aliphatic heterocycles. The topological polar surface area (TPSA) is 104 Å². The number of aryl methyl sites for hydroxylation is 2. The number of carbonyl (C=O) groups is 2. The molecule has 0 bridgehead atoms. The third-order valence-corrected chi connectivity index (χ3v) is 6.86. The highest BCUT2D eigenvalue weighted by molar-refractivity contribution is 7.89. The van der Waals surface area contributed by atoms with Gasteiger partial charge in [-0.25, -0.2) is 13.1 Å². The number of aliphatic carboxylic acids is 1. The van der Waals surface area contributed by atoms with Crippen LogP contribution in [0.5, 0.6) is 0 Å². The van der Waals surface area contributed by atoms with Gasteiger partial charge in [0.2, 0.25) is 15.9 Å². The number of carbonyl (C=O) groups excluding carboxylic acids is 1. The van der Waals surface area contributed by atoms with E-state index in [0.29, 0.717) is 17.7 Å². The summed E-state index contributed by atoms with van der Waals surface area (Å²) in [6, 6.07) is 9.21. The Morgan fingerprint density at radius 3 is 2.50 bits per heavy atom. The van der Waals surface area contributed by atoms with Crippen molar-refractivity contribution in [3.63, 3.8) is 0 Å². The maximum absolute atomic E-state index is 13.1. The molecule has 0 fully saturated rings. The molecule has 8 heteroatoms. The molecule has 2 atom stereocenters. The van der Waals surface area contributed by atoms with Gasteiger partial charge >= 0.3 is 5.97 Å². The summed E-state index contributed by atoms with van der Waals surface area (Å²) in [5.74, 6) is -1.19. The minimum atomic E-state index is -3.97. The van der Waals surface area contributed by atoms with Gasteiger partial charge in [-0.3, -0.25) is 9.59 Å². The van der Waals surface area contributed by atoms with Crippen molar-refractivity contribution in [1.29, 1.82) is 0 Å². The second-order valence-electron chi connectivity index (χ2n) is 7.86. The first kappa shape index (κ1) is 22.0. The van der Waals surface area contributed by atoms with Gasteiger partial charge in [0.15, 0.2) is 0 Å². The van der Waals surface area contributed by atoms with Gasteiger partial charge in [-0.2, -0.15) is 0 Å². The van der Waals surface area contributed by atoms with Crippen molar-refractivity contribution < 1.29 is 23.1 Å². The number of nitrogens with one attached hydrogen (secondary N) is 1. The monoisotopic (exact) mass is 430 g/mol. The fourth-order valence-corrected chi connectivity index (χ4v) is 5.38. The molecule has 0 aliphatic carbocycles. The molecule has 2 aromatic carbocycles. The van der Waals surface area contributed by atoms with Gasteiger partial charge < -0.3 is 10.0 Å². The Kier molecular flexibility index (Phi) is 6.01. The van der Waals surface area contributed by atoms with Gasteiger partial charge in [-0.15, -0.1) is 0 Å². The fourth-order valence-electron chi connectivity index (χ4n) is 4.12. The molecule has 2 aromatic rings. The second-order valence-corrected chi connectivity index (χ2v) is 9.58. The Hall–Kier alpha value is -2.71. The van der Waals surface area contributed by atoms with Crippen LogP contribution in [0.4, 0.5) is 5.69 Å². The molecule has 1 aliphatic rings. The number of amides is 1. The van der Waals surface area contributed by atoms with Crippen LogP contribution < -0.4 is 9.62 Å². The Bertz CT molecular complexity index is 1110. The maximum atomic E-state index is 13.1. The minimum absolute atomic E-state index is 0.0432. The Labute approximate surface area is 176 Å². The van der Waals surface area contributed by atoms with Crippen LogP contribution in [0.3, 0.4) is 0 Å². The Morgan fingerprint density at radius 2 is 1.90 bits per heavy atom. The van der Waals surface area contributed by atoms with Crippen molar-refractivity contribution in [2.24, 2.45) is 0 Å². The lowest BCUT2D eigenvalue weighted by molar-refractivity contribution is -0.137. The Balaban J connectivity index is 1.95. The average Bonchev–Trinajstić information content (AvgIpc) is 2.95. The van der Waals surface area contributed by atoms with Crippen molar-refractivity contribution in [3.8, 4) is 0 Å². The normalized spacial score (nSPS) is 16.9. The van der Waals surface area contributed by atoms with Crippen LogP contribution in [0, 0.1) is 13.8 Å². The molecule has 3 rings (SSSR count). The summed E-state index contributed by atoms with van der Waals surface area (Å²) in [4.78, 5) is 25.0. The number of hydrogen-bond acceptors (Lipinski definition) is 4. The van der Waals surface area contributed by atoms with Crippen LogP contribution in [-0.2, 0) is 26.0 Å². The molecule has 0 radical (unpaired) electrons. The second kappa shape index (κ2) is 8.20. The molecule has 1 heterocycles. The molecule has 7 nitrogen and oxygen atoms in total. The van der Waals surface area contributed by atoms with Crippen molar-refractivity contribution >= 4 is 27.6 Å². The van der Waals surface area contributed by atoms with Gasteiger partial charge in [0.05, 0.1) is 17.4 Å². The standard InChI is InChI=1S/C22H26N2O5S/c1-13-5-7-19(14(2)9-13)20(12-22(26)27)23-30(28,29)18-6-8-21-17(11-18)10-15(3)24(21)16(4)25/h5-9,11,15,20,23H,10,12H2,1-4H3,(H,26,27)/t15-,20-/m0/s1. The number of fused-ring (bicyclic) bond motifs is 1. The highest BCUT2D eigenvalue weighted by Crippen LogP contribution is 2.34. The predicted octanol–water partition coefficient (Wildman–Crippen LogP) is 3.10. The minimum Gasteiger partial charge on any atom is -0.481 e. The van der Waals surface area contributed by atoms with Crippen LogP contribution in [0.15, 0.2) is 41.3 Å². The molecule has 1 amide bonds. The molecular formula is C22H26N2O5S. The zero-order valence-electron chi connectivity index (χ0n) is 17.5. The highest BCUT2D eigenvalue weighted by Gasteiger charge is 2.31. The van der Waals surface area contributed by atoms with Crippen LogP contribution in [0.2, 0.25) is 0 Å². The zero-order chi connectivity index (χ0) is 22.2. The van der Waals surface area contributed by atoms with E-state index in [1.54, 1.807) is 23.1 Å². The summed E-state index contributed by atoms with van der Waals surface area (Å²) < 4.78 is 28.7. The van der Waals surface area contributed by atoms with Crippen LogP contribution in [-0.4, -0.2) is 31.4 Å². The number of carboxylic acid groups (broad SMARTS) is 1. The molecule has 2 N–H and O–H groups in total. The number of benzene rings is 2. The van der Waals surface area contributed by atoms with Gasteiger partial charge in [-0.05, 0) is 62.1 Å². The van der Waals surface area contributed by atoms with Crippen molar-refractivity contribution in [1.82, 2.24) is 4.72 Å². The number of nitrogens with zero attached hydrogens (tertiary/aromatic N) is 1. The number of rotatable bonds is 6. The van der Waals surface area contributed by atoms with E-state index in [0.717, 1.165) is 16.7 Å². The quantitative estimate of drug-likeness (QED) is 0.733. The molecule has 0 unspecified atom stereocenters. The largest absolute Gasteiger partial charge is 0.481 e. The summed E-state index contributed by atoms with van der Waals surface area (Å²) in [6.07, 6.45) is 0.192. The van der Waals surface area contributed by atoms with Gasteiger partial charge in [0.1, 0.15) is 0 Å². The number of carboxylic acids is 1. The van der Waals surface area contributed by atoms with E-state index in [1.807, 2.05) is 32.9 Å². The van der Waals surface area contributed by atoms with E-state index in [1.165, 1.54) is 13.0 Å². The molecule has 0 aromatic heterocycles. The summed E-state index contributed by atoms with van der Waals surface area (Å²) in [5, 5.41) is 9.32. The van der Waals surface area contributed by atoms with E-state index in [9.17, 15) is 23.1 Å². The first-order chi connectivity index (χ1) is 14.0. The summed E-state index contributed by atoms with van der Waals surface area (Å²) >= 11 is 0. The van der Waals surface area contributed by atoms with Gasteiger partial charge in [-0.1, -0.05) is 23.8 Å². The molecular weight excluding hydrogens is 404 g/mol. The van der Waals surface area contributed by atoms with Crippen LogP contribution >= 0.6 is 0 Å². The molecule has 160 valence electrons. The first-order valence-electron chi connectivity index (χ1n) is 9.73. The SMILES string of the molecule is CC(=O)N1c2ccc(S(=O)(=O)N[C@@H](CC(=O)O)c3ccc(C)cc3C)cc2C[C@@H]1C. The highest BCUT2D eigenvalue weighted by atomic mass is 32.2. The number of anilines is 1. The van der Waals surface area contributed by atoms with Crippen molar-refractivity contribution in [3.05, 3.63) is 58.7 Å². The van der Waals surface area contributed by atoms with Crippen molar-refractivity contribution in [2.45, 2.75) is 57.5 Å². The predicted molar refractivity (Wildman–Crippen MR) is 114 cm³/mol. The molecule has 0 spiro atoms. The zero-order valence-corrected chi connectivity index (χ0v) is 18.3. The van der Waals surface area contributed by atoms with Gasteiger partial charge in [0, 0.05) is 18.7 Å². The van der Waals surface area contributed by atoms with Crippen LogP contribution in [0.25, 0.3) is 0 Å². The summed E-state index contributed by atoms with van der Waals surface area (Å²) in [7, 11) is -3.97. The van der Waals surface area contributed by atoms with E-state index >= 15 is 0 Å². The van der Waals surface area contributed by atoms with Gasteiger partial charge in [0.25, 0.3) is 0 Å². The third kappa shape index (κ3) is 4.39. The van der Waals surface area contributed by atoms with E-state index < -0.39 is 22.0 Å². The smallest absolute Gasteiger partial charge is 0.305 e. The third-order valence-electron chi connectivity index (χ3n) is 5.39. The van der Waals surface area contributed by atoms with E-state index in [4.69, 9.17) is 0 Å². The number of hydrogen-bond donors (Lipinski definition) is 2. The summed E-state index contributed by atoms with van der Waals surface area (Å²) in [6.45, 7) is 7.15. The lowest BCUT2D eigenvalue weighted by Crippen LogP contribution is -2.33. The van der Waals surface area contributed by atoms with E-state index in [2.05, 4.69) is 4.72 Å². The maximum Gasteiger partial charge on any atom is 0.305 e. The van der Waals surface area contributed by atoms with Crippen molar-refractivity contribution in [2.75, 3.05) is 4.90 Å². The lowest BCUT2D eigenvalue weighted by Gasteiger charge is -2.21. The number of sulfonamides is 1. The molecule has 0 saturated carbocycles. The Morgan fingerprint density at radius 1 is 1.20 bits per heavy atom. The lowest BCUT2D eigenvalue weighted by atomic mass is 9.98. The first-order valence-corrected chi connectivity index (χ1v) is 11.2. The summed E-state index contributed by atoms with van der Waals surface area (Å²) in [5.41, 5.74) is 3.95. The van der Waals surface area contributed by atoms with Crippen LogP contribution in [0.1, 0.15) is 48.6 Å².